The predicted molar refractivity (Wildman–Crippen MR) is 137 cm³/mol. The number of nitrogens with one attached hydrogen (secondary N) is 1. The number of quaternary nitrogens is 1. The van der Waals surface area contributed by atoms with Crippen molar-refractivity contribution >= 4 is 29.0 Å². The molecule has 3 aliphatic rings. The van der Waals surface area contributed by atoms with Crippen LogP contribution in [-0.2, 0) is 9.53 Å². The van der Waals surface area contributed by atoms with Crippen LogP contribution in [0, 0.1) is 11.7 Å². The molecular weight excluding hydrogens is 559 g/mol. The molecule has 1 N–H and O–H groups in total. The van der Waals surface area contributed by atoms with E-state index in [2.05, 4.69) is 5.32 Å². The number of hydrogen-bond donors (Lipinski definition) is 1. The molecule has 3 heterocycles. The number of carbonyl (C=O) groups excluding carboxylic acids is 2. The Morgan fingerprint density at radius 3 is 2.30 bits per heavy atom. The van der Waals surface area contributed by atoms with E-state index in [1.807, 2.05) is 60.7 Å². The van der Waals surface area contributed by atoms with E-state index < -0.39 is 11.9 Å². The summed E-state index contributed by atoms with van der Waals surface area (Å²) in [6.45, 7) is 2.55. The maximum absolute atomic E-state index is 13.9. The van der Waals surface area contributed by atoms with E-state index >= 15 is 0 Å². The molecule has 0 aliphatic carbocycles. The molecule has 5 nitrogen and oxygen atoms in total. The van der Waals surface area contributed by atoms with Crippen LogP contribution in [0.15, 0.2) is 78.9 Å². The third kappa shape index (κ3) is 6.22. The molecule has 3 fully saturated rings. The number of ketones is 1. The van der Waals surface area contributed by atoms with Gasteiger partial charge in [-0.3, -0.25) is 4.79 Å². The Morgan fingerprint density at radius 1 is 1.00 bits per heavy atom. The van der Waals surface area contributed by atoms with Gasteiger partial charge in [-0.15, -0.1) is 0 Å². The smallest absolute Gasteiger partial charge is 0.333 e. The van der Waals surface area contributed by atoms with E-state index in [0.717, 1.165) is 37.2 Å². The van der Waals surface area contributed by atoms with E-state index in [1.54, 1.807) is 6.07 Å². The van der Waals surface area contributed by atoms with Gasteiger partial charge in [0.1, 0.15) is 18.9 Å². The third-order valence-corrected chi connectivity index (χ3v) is 7.79. The van der Waals surface area contributed by atoms with Gasteiger partial charge in [0, 0.05) is 30.0 Å². The molecule has 2 atom stereocenters. The lowest BCUT2D eigenvalue weighted by atomic mass is 9.82. The highest BCUT2D eigenvalue weighted by molar-refractivity contribution is 6.30. The topological polar surface area (TPSA) is 55.4 Å². The fourth-order valence-electron chi connectivity index (χ4n) is 5.48. The van der Waals surface area contributed by atoms with Crippen LogP contribution in [0.3, 0.4) is 0 Å². The van der Waals surface area contributed by atoms with Crippen LogP contribution >= 0.6 is 11.6 Å². The minimum Gasteiger partial charge on any atom is -1.00 e. The van der Waals surface area contributed by atoms with Crippen molar-refractivity contribution < 1.29 is 40.2 Å². The molecule has 0 amide bonds. The van der Waals surface area contributed by atoms with Gasteiger partial charge < -0.3 is 31.5 Å². The van der Waals surface area contributed by atoms with E-state index in [1.165, 1.54) is 12.1 Å². The monoisotopic (exact) mass is 586 g/mol. The van der Waals surface area contributed by atoms with Crippen molar-refractivity contribution in [2.75, 3.05) is 31.5 Å². The molecule has 6 rings (SSSR count). The van der Waals surface area contributed by atoms with Crippen molar-refractivity contribution in [3.05, 3.63) is 101 Å². The first-order valence-corrected chi connectivity index (χ1v) is 12.7. The number of fused-ring (bicyclic) bond motifs is 3. The molecule has 8 heteroatoms. The molecule has 3 aromatic carbocycles. The molecule has 0 aromatic heterocycles. The summed E-state index contributed by atoms with van der Waals surface area (Å²) in [6.07, 6.45) is 1.52. The van der Waals surface area contributed by atoms with Crippen molar-refractivity contribution in [3.63, 3.8) is 0 Å². The van der Waals surface area contributed by atoms with Gasteiger partial charge in [0.25, 0.3) is 0 Å². The van der Waals surface area contributed by atoms with Gasteiger partial charge in [0.2, 0.25) is 5.78 Å². The largest absolute Gasteiger partial charge is 1.00 e. The zero-order valence-electron chi connectivity index (χ0n) is 20.3. The summed E-state index contributed by atoms with van der Waals surface area (Å²) in [5, 5.41) is 3.32. The standard InChI is InChI=1S/C29H29ClFN2O3.BrH/c30-24-12-11-22(17-25(24)31)26(34)18-33-15-13-20(14-16-33)27(19-33)36-29(35)28(21-7-3-1-4-8-21)32-23-9-5-2-6-10-23;/h1-12,17,20,27-28,32H,13-16,18-19H2;1H/q+1;/p-1/t20?,27-,28+,33?;/m0./s1. The van der Waals surface area contributed by atoms with Gasteiger partial charge in [0.15, 0.2) is 12.1 Å². The maximum Gasteiger partial charge on any atom is 0.333 e. The van der Waals surface area contributed by atoms with Crippen molar-refractivity contribution in [2.45, 2.75) is 25.0 Å². The lowest BCUT2D eigenvalue weighted by molar-refractivity contribution is -0.938. The Bertz CT molecular complexity index is 1240. The minimum atomic E-state index is -0.642. The van der Waals surface area contributed by atoms with Crippen LogP contribution < -0.4 is 22.3 Å². The first-order chi connectivity index (χ1) is 17.4. The SMILES string of the molecule is O=C(C[N+]12CCC(CC1)[C@@H](OC(=O)[C@H](Nc1ccccc1)c1ccccc1)C2)c1ccc(Cl)c(F)c1.[Br-]. The van der Waals surface area contributed by atoms with Crippen LogP contribution in [0.2, 0.25) is 5.02 Å². The Morgan fingerprint density at radius 2 is 1.65 bits per heavy atom. The van der Waals surface area contributed by atoms with Gasteiger partial charge in [0.05, 0.1) is 18.1 Å². The molecule has 0 radical (unpaired) electrons. The van der Waals surface area contributed by atoms with E-state index in [0.29, 0.717) is 16.6 Å². The first-order valence-electron chi connectivity index (χ1n) is 12.3. The fourth-order valence-corrected chi connectivity index (χ4v) is 5.60. The highest BCUT2D eigenvalue weighted by Crippen LogP contribution is 2.37. The Hall–Kier alpha value is -2.74. The summed E-state index contributed by atoms with van der Waals surface area (Å²) >= 11 is 5.78. The average Bonchev–Trinajstić information content (AvgIpc) is 2.90. The normalized spacial score (nSPS) is 23.0. The van der Waals surface area contributed by atoms with Crippen LogP contribution in [0.5, 0.6) is 0 Å². The van der Waals surface area contributed by atoms with E-state index in [4.69, 9.17) is 16.3 Å². The molecule has 3 aromatic rings. The number of hydrogen-bond acceptors (Lipinski definition) is 4. The summed E-state index contributed by atoms with van der Waals surface area (Å²) in [6, 6.07) is 22.7. The summed E-state index contributed by atoms with van der Waals surface area (Å²) in [4.78, 5) is 26.5. The Labute approximate surface area is 231 Å². The number of piperidine rings is 3. The van der Waals surface area contributed by atoms with Crippen molar-refractivity contribution in [1.82, 2.24) is 0 Å². The summed E-state index contributed by atoms with van der Waals surface area (Å²) < 4.78 is 20.6. The number of Topliss-reactive ketones (excluding diaryl/α,β-unsaturated/α-hetero) is 1. The van der Waals surface area contributed by atoms with E-state index in [9.17, 15) is 14.0 Å². The second-order valence-corrected chi connectivity index (χ2v) is 10.3. The first kappa shape index (κ1) is 27.3. The van der Waals surface area contributed by atoms with Crippen molar-refractivity contribution in [1.29, 1.82) is 0 Å². The number of ether oxygens (including phenoxy) is 1. The van der Waals surface area contributed by atoms with Gasteiger partial charge in [-0.25, -0.2) is 9.18 Å². The number of para-hydroxylation sites is 1. The molecular formula is C29H29BrClFN2O3. The van der Waals surface area contributed by atoms with Crippen molar-refractivity contribution in [2.24, 2.45) is 5.92 Å². The van der Waals surface area contributed by atoms with Crippen LogP contribution in [0.25, 0.3) is 0 Å². The number of carbonyl (C=O) groups is 2. The molecule has 3 aliphatic heterocycles. The quantitative estimate of drug-likeness (QED) is 0.250. The molecule has 3 saturated heterocycles. The molecule has 0 saturated carbocycles. The van der Waals surface area contributed by atoms with Crippen molar-refractivity contribution in [3.8, 4) is 0 Å². The summed E-state index contributed by atoms with van der Waals surface area (Å²) in [7, 11) is 0. The second kappa shape index (κ2) is 11.8. The number of anilines is 1. The number of esters is 1. The number of benzene rings is 3. The Kier molecular flexibility index (Phi) is 8.67. The summed E-state index contributed by atoms with van der Waals surface area (Å²) in [5.41, 5.74) is 1.99. The van der Waals surface area contributed by atoms with Gasteiger partial charge in [-0.1, -0.05) is 60.1 Å². The molecule has 194 valence electrons. The Balaban J connectivity index is 0.00000320. The van der Waals surface area contributed by atoms with Crippen LogP contribution in [-0.4, -0.2) is 48.5 Å². The van der Waals surface area contributed by atoms with E-state index in [-0.39, 0.29) is 52.3 Å². The maximum atomic E-state index is 13.9. The zero-order chi connectivity index (χ0) is 25.1. The van der Waals surface area contributed by atoms with Gasteiger partial charge in [-0.05, 0) is 35.9 Å². The third-order valence-electron chi connectivity index (χ3n) is 7.48. The predicted octanol–water partition coefficient (Wildman–Crippen LogP) is 2.67. The number of nitrogens with zero attached hydrogens (tertiary/aromatic N) is 1. The van der Waals surface area contributed by atoms with Crippen LogP contribution in [0.1, 0.15) is 34.8 Å². The molecule has 37 heavy (non-hydrogen) atoms. The lowest BCUT2D eigenvalue weighted by Crippen LogP contribution is -3.00. The lowest BCUT2D eigenvalue weighted by Gasteiger charge is -2.51. The molecule has 0 spiro atoms. The second-order valence-electron chi connectivity index (χ2n) is 9.85. The zero-order valence-corrected chi connectivity index (χ0v) is 22.6. The minimum absolute atomic E-state index is 0. The average molecular weight is 588 g/mol. The highest BCUT2D eigenvalue weighted by Gasteiger charge is 2.49. The summed E-state index contributed by atoms with van der Waals surface area (Å²) in [5.74, 6) is -0.758. The van der Waals surface area contributed by atoms with Gasteiger partial charge in [-0.2, -0.15) is 0 Å². The number of halogens is 3. The fraction of sp³-hybridized carbons (Fsp3) is 0.310. The number of rotatable bonds is 8. The highest BCUT2D eigenvalue weighted by atomic mass is 79.9. The van der Waals surface area contributed by atoms with Gasteiger partial charge >= 0.3 is 5.97 Å². The van der Waals surface area contributed by atoms with Crippen LogP contribution in [0.4, 0.5) is 10.1 Å². The molecule has 0 unspecified atom stereocenters. The molecule has 2 bridgehead atoms.